The van der Waals surface area contributed by atoms with E-state index in [2.05, 4.69) is 53.8 Å². The summed E-state index contributed by atoms with van der Waals surface area (Å²) in [6.07, 6.45) is 1.75. The van der Waals surface area contributed by atoms with Gasteiger partial charge in [-0.3, -0.25) is 0 Å². The van der Waals surface area contributed by atoms with Gasteiger partial charge in [0.1, 0.15) is 5.75 Å². The first kappa shape index (κ1) is 13.1. The molecule has 0 saturated carbocycles. The van der Waals surface area contributed by atoms with Crippen LogP contribution < -0.4 is 4.74 Å². The number of nitrogens with zero attached hydrogens (tertiary/aromatic N) is 1. The van der Waals surface area contributed by atoms with Crippen LogP contribution in [0, 0.1) is 27.7 Å². The molecular formula is C15H16BrNO. The molecule has 1 aromatic heterocycles. The van der Waals surface area contributed by atoms with E-state index in [4.69, 9.17) is 4.74 Å². The molecule has 0 atom stereocenters. The second-order valence-electron chi connectivity index (χ2n) is 4.53. The normalized spacial score (nSPS) is 10.5. The van der Waals surface area contributed by atoms with Gasteiger partial charge in [-0.2, -0.15) is 0 Å². The van der Waals surface area contributed by atoms with Crippen molar-refractivity contribution >= 4 is 15.9 Å². The highest BCUT2D eigenvalue weighted by atomic mass is 79.9. The summed E-state index contributed by atoms with van der Waals surface area (Å²) in [5, 5.41) is 0. The number of ether oxygens (including phenoxy) is 1. The minimum Gasteiger partial charge on any atom is -0.438 e. The molecular weight excluding hydrogens is 290 g/mol. The average Bonchev–Trinajstić information content (AvgIpc) is 2.32. The van der Waals surface area contributed by atoms with E-state index in [0.717, 1.165) is 21.3 Å². The molecule has 0 amide bonds. The van der Waals surface area contributed by atoms with E-state index < -0.39 is 0 Å². The Balaban J connectivity index is 2.43. The van der Waals surface area contributed by atoms with Crippen molar-refractivity contribution in [1.29, 1.82) is 0 Å². The molecule has 0 aliphatic heterocycles. The molecule has 0 saturated heterocycles. The van der Waals surface area contributed by atoms with Crippen LogP contribution in [0.2, 0.25) is 0 Å². The van der Waals surface area contributed by atoms with Gasteiger partial charge in [-0.15, -0.1) is 0 Å². The van der Waals surface area contributed by atoms with Crippen molar-refractivity contribution in [2.24, 2.45) is 0 Å². The standard InChI is InChI=1S/C15H16BrNO/c1-9-5-6-10(2)14(12(9)4)18-15-11(3)7-13(16)8-17-15/h5-8H,1-4H3. The number of halogens is 1. The van der Waals surface area contributed by atoms with Crippen LogP contribution in [0.1, 0.15) is 22.3 Å². The highest BCUT2D eigenvalue weighted by molar-refractivity contribution is 9.10. The first-order valence-electron chi connectivity index (χ1n) is 5.86. The van der Waals surface area contributed by atoms with Crippen LogP contribution in [0.4, 0.5) is 0 Å². The Hall–Kier alpha value is -1.35. The maximum Gasteiger partial charge on any atom is 0.222 e. The van der Waals surface area contributed by atoms with Crippen molar-refractivity contribution in [2.75, 3.05) is 0 Å². The molecule has 0 spiro atoms. The number of hydrogen-bond donors (Lipinski definition) is 0. The summed E-state index contributed by atoms with van der Waals surface area (Å²) in [6, 6.07) is 6.19. The minimum atomic E-state index is 0.662. The van der Waals surface area contributed by atoms with Crippen LogP contribution >= 0.6 is 15.9 Å². The fraction of sp³-hybridized carbons (Fsp3) is 0.267. The third-order valence-corrected chi connectivity index (χ3v) is 3.50. The monoisotopic (exact) mass is 305 g/mol. The molecule has 1 aromatic carbocycles. The fourth-order valence-corrected chi connectivity index (χ4v) is 2.26. The van der Waals surface area contributed by atoms with Gasteiger partial charge in [-0.05, 0) is 66.4 Å². The molecule has 2 nitrogen and oxygen atoms in total. The summed E-state index contributed by atoms with van der Waals surface area (Å²) in [6.45, 7) is 8.21. The van der Waals surface area contributed by atoms with Crippen molar-refractivity contribution in [3.63, 3.8) is 0 Å². The molecule has 3 heteroatoms. The zero-order chi connectivity index (χ0) is 13.3. The molecule has 2 aromatic rings. The summed E-state index contributed by atoms with van der Waals surface area (Å²) in [5.41, 5.74) is 4.54. The van der Waals surface area contributed by atoms with Gasteiger partial charge in [0, 0.05) is 16.2 Å². The lowest BCUT2D eigenvalue weighted by atomic mass is 10.1. The SMILES string of the molecule is Cc1cc(Br)cnc1Oc1c(C)ccc(C)c1C. The first-order chi connectivity index (χ1) is 8.49. The smallest absolute Gasteiger partial charge is 0.222 e. The Bertz CT molecular complexity index is 593. The number of aromatic nitrogens is 1. The predicted molar refractivity (Wildman–Crippen MR) is 77.4 cm³/mol. The van der Waals surface area contributed by atoms with Gasteiger partial charge in [-0.1, -0.05) is 12.1 Å². The van der Waals surface area contributed by atoms with Gasteiger partial charge in [-0.25, -0.2) is 4.98 Å². The molecule has 18 heavy (non-hydrogen) atoms. The molecule has 2 rings (SSSR count). The maximum atomic E-state index is 5.97. The van der Waals surface area contributed by atoms with E-state index in [1.807, 2.05) is 13.0 Å². The van der Waals surface area contributed by atoms with Crippen molar-refractivity contribution < 1.29 is 4.74 Å². The molecule has 0 aliphatic carbocycles. The topological polar surface area (TPSA) is 22.1 Å². The van der Waals surface area contributed by atoms with Gasteiger partial charge in [0.2, 0.25) is 5.88 Å². The van der Waals surface area contributed by atoms with Gasteiger partial charge in [0.25, 0.3) is 0 Å². The molecule has 0 N–H and O–H groups in total. The lowest BCUT2D eigenvalue weighted by Gasteiger charge is -2.14. The summed E-state index contributed by atoms with van der Waals surface area (Å²) in [5.74, 6) is 1.57. The Morgan fingerprint density at radius 2 is 1.67 bits per heavy atom. The molecule has 0 aliphatic rings. The fourth-order valence-electron chi connectivity index (χ4n) is 1.81. The minimum absolute atomic E-state index is 0.662. The highest BCUT2D eigenvalue weighted by Crippen LogP contribution is 2.31. The molecule has 0 radical (unpaired) electrons. The number of aryl methyl sites for hydroxylation is 3. The summed E-state index contributed by atoms with van der Waals surface area (Å²) in [7, 11) is 0. The van der Waals surface area contributed by atoms with Crippen molar-refractivity contribution in [3.05, 3.63) is 51.1 Å². The number of rotatable bonds is 2. The summed E-state index contributed by atoms with van der Waals surface area (Å²) < 4.78 is 6.94. The quantitative estimate of drug-likeness (QED) is 0.789. The molecule has 0 fully saturated rings. The Kier molecular flexibility index (Phi) is 3.71. The van der Waals surface area contributed by atoms with E-state index in [1.165, 1.54) is 11.1 Å². The summed E-state index contributed by atoms with van der Waals surface area (Å²) >= 11 is 3.40. The average molecular weight is 306 g/mol. The third kappa shape index (κ3) is 2.56. The molecule has 0 unspecified atom stereocenters. The number of pyridine rings is 1. The van der Waals surface area contributed by atoms with E-state index in [1.54, 1.807) is 6.20 Å². The second kappa shape index (κ2) is 5.11. The number of benzene rings is 1. The van der Waals surface area contributed by atoms with Gasteiger partial charge in [0.15, 0.2) is 0 Å². The van der Waals surface area contributed by atoms with Gasteiger partial charge < -0.3 is 4.74 Å². The first-order valence-corrected chi connectivity index (χ1v) is 6.65. The van der Waals surface area contributed by atoms with Crippen LogP contribution in [0.25, 0.3) is 0 Å². The molecule has 1 heterocycles. The van der Waals surface area contributed by atoms with Crippen LogP contribution in [-0.2, 0) is 0 Å². The Morgan fingerprint density at radius 3 is 2.33 bits per heavy atom. The zero-order valence-electron chi connectivity index (χ0n) is 11.0. The van der Waals surface area contributed by atoms with Crippen LogP contribution in [0.3, 0.4) is 0 Å². The Labute approximate surface area is 116 Å². The maximum absolute atomic E-state index is 5.97. The van der Waals surface area contributed by atoms with E-state index in [-0.39, 0.29) is 0 Å². The lowest BCUT2D eigenvalue weighted by molar-refractivity contribution is 0.451. The highest BCUT2D eigenvalue weighted by Gasteiger charge is 2.10. The van der Waals surface area contributed by atoms with E-state index in [9.17, 15) is 0 Å². The zero-order valence-corrected chi connectivity index (χ0v) is 12.6. The number of hydrogen-bond acceptors (Lipinski definition) is 2. The van der Waals surface area contributed by atoms with Crippen LogP contribution in [-0.4, -0.2) is 4.98 Å². The van der Waals surface area contributed by atoms with E-state index >= 15 is 0 Å². The molecule has 0 bridgehead atoms. The second-order valence-corrected chi connectivity index (χ2v) is 5.45. The summed E-state index contributed by atoms with van der Waals surface area (Å²) in [4.78, 5) is 4.32. The third-order valence-electron chi connectivity index (χ3n) is 3.07. The van der Waals surface area contributed by atoms with Crippen molar-refractivity contribution in [2.45, 2.75) is 27.7 Å². The predicted octanol–water partition coefficient (Wildman–Crippen LogP) is 4.87. The van der Waals surface area contributed by atoms with Gasteiger partial charge in [0.05, 0.1) is 0 Å². The Morgan fingerprint density at radius 1 is 1.00 bits per heavy atom. The van der Waals surface area contributed by atoms with Crippen molar-refractivity contribution in [3.8, 4) is 11.6 Å². The lowest BCUT2D eigenvalue weighted by Crippen LogP contribution is -1.96. The van der Waals surface area contributed by atoms with Crippen LogP contribution in [0.5, 0.6) is 11.6 Å². The molecule has 94 valence electrons. The van der Waals surface area contributed by atoms with Crippen LogP contribution in [0.15, 0.2) is 28.9 Å². The largest absolute Gasteiger partial charge is 0.438 e. The van der Waals surface area contributed by atoms with E-state index in [0.29, 0.717) is 5.88 Å². The van der Waals surface area contributed by atoms with Gasteiger partial charge >= 0.3 is 0 Å². The van der Waals surface area contributed by atoms with Crippen molar-refractivity contribution in [1.82, 2.24) is 4.98 Å².